The maximum atomic E-state index is 6.20. The third kappa shape index (κ3) is 3.00. The Kier molecular flexibility index (Phi) is 3.59. The number of rotatable bonds is 4. The van der Waals surface area contributed by atoms with Crippen molar-refractivity contribution >= 4 is 32.9 Å². The third-order valence-electron chi connectivity index (χ3n) is 2.91. The summed E-state index contributed by atoms with van der Waals surface area (Å²) in [5.74, 6) is 0. The molecule has 0 saturated heterocycles. The first-order chi connectivity index (χ1) is 9.20. The van der Waals surface area contributed by atoms with E-state index in [4.69, 9.17) is 5.73 Å². The Bertz CT molecular complexity index is 654. The van der Waals surface area contributed by atoms with E-state index >= 15 is 0 Å². The lowest BCUT2D eigenvalue weighted by Crippen LogP contribution is -2.25. The molecule has 2 N–H and O–H groups in total. The molecule has 0 fully saturated rings. The highest BCUT2D eigenvalue weighted by Crippen LogP contribution is 2.22. The number of thiazole rings is 2. The molecule has 98 valence electrons. The fourth-order valence-corrected chi connectivity index (χ4v) is 3.76. The Labute approximate surface area is 120 Å². The quantitative estimate of drug-likeness (QED) is 0.802. The van der Waals surface area contributed by atoms with Gasteiger partial charge in [0.25, 0.3) is 0 Å². The van der Waals surface area contributed by atoms with Crippen LogP contribution in [0, 0.1) is 6.92 Å². The highest BCUT2D eigenvalue weighted by Gasteiger charge is 2.11. The zero-order chi connectivity index (χ0) is 13.2. The Morgan fingerprint density at radius 2 is 2.05 bits per heavy atom. The smallest absolute Gasteiger partial charge is 0.0954 e. The number of aryl methyl sites for hydroxylation is 1. The monoisotopic (exact) mass is 289 g/mol. The lowest BCUT2D eigenvalue weighted by molar-refractivity contribution is 0.654. The zero-order valence-electron chi connectivity index (χ0n) is 10.7. The van der Waals surface area contributed by atoms with Crippen molar-refractivity contribution in [3.8, 4) is 0 Å². The first kappa shape index (κ1) is 12.7. The maximum absolute atomic E-state index is 6.20. The van der Waals surface area contributed by atoms with E-state index in [1.807, 2.05) is 25.1 Å². The van der Waals surface area contributed by atoms with Crippen LogP contribution in [-0.4, -0.2) is 16.0 Å². The summed E-state index contributed by atoms with van der Waals surface area (Å²) in [7, 11) is 0. The van der Waals surface area contributed by atoms with Crippen LogP contribution in [-0.2, 0) is 12.8 Å². The maximum Gasteiger partial charge on any atom is 0.0954 e. The van der Waals surface area contributed by atoms with Crippen molar-refractivity contribution < 1.29 is 0 Å². The number of para-hydroxylation sites is 1. The van der Waals surface area contributed by atoms with Crippen LogP contribution in [0.1, 0.15) is 15.7 Å². The minimum Gasteiger partial charge on any atom is -0.327 e. The second-order valence-electron chi connectivity index (χ2n) is 4.60. The summed E-state index contributed by atoms with van der Waals surface area (Å²) < 4.78 is 1.23. The molecule has 0 spiro atoms. The van der Waals surface area contributed by atoms with Gasteiger partial charge in [0.15, 0.2) is 0 Å². The molecule has 0 aliphatic rings. The van der Waals surface area contributed by atoms with Crippen molar-refractivity contribution in [2.75, 3.05) is 0 Å². The first-order valence-electron chi connectivity index (χ1n) is 6.22. The lowest BCUT2D eigenvalue weighted by atomic mass is 10.1. The highest BCUT2D eigenvalue weighted by atomic mass is 32.1. The molecule has 3 aromatic rings. The van der Waals surface area contributed by atoms with Crippen molar-refractivity contribution in [3.63, 3.8) is 0 Å². The molecule has 1 aromatic carbocycles. The molecule has 1 atom stereocenters. The molecule has 0 aliphatic carbocycles. The van der Waals surface area contributed by atoms with Crippen molar-refractivity contribution in [1.82, 2.24) is 9.97 Å². The minimum atomic E-state index is 0.0852. The van der Waals surface area contributed by atoms with Gasteiger partial charge in [0.1, 0.15) is 0 Å². The van der Waals surface area contributed by atoms with Crippen molar-refractivity contribution in [2.45, 2.75) is 25.8 Å². The number of fused-ring (bicyclic) bond motifs is 1. The Balaban J connectivity index is 1.70. The van der Waals surface area contributed by atoms with Crippen LogP contribution in [0.15, 0.2) is 29.6 Å². The van der Waals surface area contributed by atoms with E-state index in [9.17, 15) is 0 Å². The number of hydrogen-bond donors (Lipinski definition) is 1. The van der Waals surface area contributed by atoms with Gasteiger partial charge in [-0.15, -0.1) is 22.7 Å². The normalized spacial score (nSPS) is 12.9. The molecule has 0 aliphatic heterocycles. The molecule has 1 unspecified atom stereocenters. The molecule has 19 heavy (non-hydrogen) atoms. The van der Waals surface area contributed by atoms with Crippen LogP contribution in [0.2, 0.25) is 0 Å². The summed E-state index contributed by atoms with van der Waals surface area (Å²) in [6.07, 6.45) is 1.64. The Morgan fingerprint density at radius 1 is 1.21 bits per heavy atom. The standard InChI is InChI=1S/C14H15N3S2/c1-9-16-11(8-18-9)6-10(15)7-14-17-12-4-2-3-5-13(12)19-14/h2-5,8,10H,6-7,15H2,1H3. The fourth-order valence-electron chi connectivity index (χ4n) is 2.07. The summed E-state index contributed by atoms with van der Waals surface area (Å²) in [6, 6.07) is 8.30. The molecule has 3 nitrogen and oxygen atoms in total. The largest absolute Gasteiger partial charge is 0.327 e. The molecule has 0 saturated carbocycles. The minimum absolute atomic E-state index is 0.0852. The van der Waals surface area contributed by atoms with E-state index in [2.05, 4.69) is 21.4 Å². The number of hydrogen-bond acceptors (Lipinski definition) is 5. The lowest BCUT2D eigenvalue weighted by Gasteiger charge is -2.07. The molecule has 0 amide bonds. The van der Waals surface area contributed by atoms with Gasteiger partial charge < -0.3 is 5.73 Å². The van der Waals surface area contributed by atoms with Gasteiger partial charge in [-0.2, -0.15) is 0 Å². The van der Waals surface area contributed by atoms with Crippen LogP contribution in [0.4, 0.5) is 0 Å². The van der Waals surface area contributed by atoms with Crippen LogP contribution in [0.5, 0.6) is 0 Å². The molecule has 2 aromatic heterocycles. The average Bonchev–Trinajstić information content (AvgIpc) is 2.94. The van der Waals surface area contributed by atoms with Gasteiger partial charge in [-0.05, 0) is 19.1 Å². The molecular formula is C14H15N3S2. The van der Waals surface area contributed by atoms with E-state index in [1.165, 1.54) is 4.70 Å². The van der Waals surface area contributed by atoms with Crippen molar-refractivity contribution in [1.29, 1.82) is 0 Å². The predicted molar refractivity (Wildman–Crippen MR) is 81.9 cm³/mol. The summed E-state index contributed by atoms with van der Waals surface area (Å²) in [6.45, 7) is 2.02. The summed E-state index contributed by atoms with van der Waals surface area (Å²) in [5, 5.41) is 4.30. The molecule has 5 heteroatoms. The van der Waals surface area contributed by atoms with Crippen LogP contribution in [0.25, 0.3) is 10.2 Å². The number of aromatic nitrogens is 2. The van der Waals surface area contributed by atoms with Gasteiger partial charge in [0.05, 0.1) is 25.9 Å². The van der Waals surface area contributed by atoms with E-state index in [1.54, 1.807) is 22.7 Å². The summed E-state index contributed by atoms with van der Waals surface area (Å²) in [4.78, 5) is 9.08. The second kappa shape index (κ2) is 5.36. The van der Waals surface area contributed by atoms with Gasteiger partial charge >= 0.3 is 0 Å². The number of nitrogens with zero attached hydrogens (tertiary/aromatic N) is 2. The van der Waals surface area contributed by atoms with E-state index in [0.717, 1.165) is 34.1 Å². The van der Waals surface area contributed by atoms with E-state index < -0.39 is 0 Å². The fraction of sp³-hybridized carbons (Fsp3) is 0.286. The van der Waals surface area contributed by atoms with Crippen LogP contribution in [0.3, 0.4) is 0 Å². The average molecular weight is 289 g/mol. The van der Waals surface area contributed by atoms with Crippen LogP contribution < -0.4 is 5.73 Å². The first-order valence-corrected chi connectivity index (χ1v) is 7.91. The van der Waals surface area contributed by atoms with Gasteiger partial charge in [0.2, 0.25) is 0 Å². The van der Waals surface area contributed by atoms with Crippen molar-refractivity contribution in [2.24, 2.45) is 5.73 Å². The van der Waals surface area contributed by atoms with Gasteiger partial charge in [-0.25, -0.2) is 9.97 Å². The highest BCUT2D eigenvalue weighted by molar-refractivity contribution is 7.18. The van der Waals surface area contributed by atoms with Gasteiger partial charge in [-0.1, -0.05) is 12.1 Å². The topological polar surface area (TPSA) is 51.8 Å². The Morgan fingerprint density at radius 3 is 2.79 bits per heavy atom. The Hall–Kier alpha value is -1.30. The predicted octanol–water partition coefficient (Wildman–Crippen LogP) is 3.17. The SMILES string of the molecule is Cc1nc(CC(N)Cc2nc3ccccc3s2)cs1. The summed E-state index contributed by atoms with van der Waals surface area (Å²) in [5.41, 5.74) is 8.36. The van der Waals surface area contributed by atoms with E-state index in [-0.39, 0.29) is 6.04 Å². The molecule has 0 bridgehead atoms. The zero-order valence-corrected chi connectivity index (χ0v) is 12.3. The summed E-state index contributed by atoms with van der Waals surface area (Å²) >= 11 is 3.41. The molecule has 2 heterocycles. The van der Waals surface area contributed by atoms with Gasteiger partial charge in [0, 0.05) is 24.3 Å². The number of nitrogens with two attached hydrogens (primary N) is 1. The molecule has 3 rings (SSSR count). The second-order valence-corrected chi connectivity index (χ2v) is 6.78. The van der Waals surface area contributed by atoms with Gasteiger partial charge in [-0.3, -0.25) is 0 Å². The van der Waals surface area contributed by atoms with Crippen molar-refractivity contribution in [3.05, 3.63) is 45.4 Å². The van der Waals surface area contributed by atoms with Crippen LogP contribution >= 0.6 is 22.7 Å². The molecular weight excluding hydrogens is 274 g/mol. The third-order valence-corrected chi connectivity index (χ3v) is 4.79. The molecule has 0 radical (unpaired) electrons. The number of benzene rings is 1. The van der Waals surface area contributed by atoms with E-state index in [0.29, 0.717) is 0 Å².